The van der Waals surface area contributed by atoms with Crippen LogP contribution in [0.2, 0.25) is 0 Å². The molecule has 0 aromatic rings. The van der Waals surface area contributed by atoms with Crippen LogP contribution in [0.3, 0.4) is 0 Å². The minimum Gasteiger partial charge on any atom is -0.341 e. The number of likely N-dealkylation sites (tertiary alicyclic amines) is 1. The van der Waals surface area contributed by atoms with Gasteiger partial charge in [-0.25, -0.2) is 0 Å². The molecule has 3 heteroatoms. The second-order valence-corrected chi connectivity index (χ2v) is 7.14. The van der Waals surface area contributed by atoms with E-state index < -0.39 is 0 Å². The Balaban J connectivity index is 1.90. The molecule has 0 aromatic carbocycles. The van der Waals surface area contributed by atoms with Gasteiger partial charge < -0.3 is 10.2 Å². The standard InChI is InChI=1S/C18H34N2O/c1-3-8-15-12-17(19-16-10-6-5-7-11-16)14-20(13-15)18(21)9-4-2/h15-17,19H,3-14H2,1-2H3. The third-order valence-corrected chi connectivity index (χ3v) is 5.13. The van der Waals surface area contributed by atoms with Crippen molar-refractivity contribution in [2.75, 3.05) is 13.1 Å². The van der Waals surface area contributed by atoms with Gasteiger partial charge in [-0.15, -0.1) is 0 Å². The highest BCUT2D eigenvalue weighted by atomic mass is 16.2. The quantitative estimate of drug-likeness (QED) is 0.809. The molecule has 2 rings (SSSR count). The Hall–Kier alpha value is -0.570. The van der Waals surface area contributed by atoms with Crippen LogP contribution in [-0.2, 0) is 4.79 Å². The predicted molar refractivity (Wildman–Crippen MR) is 88.3 cm³/mol. The molecule has 0 bridgehead atoms. The highest BCUT2D eigenvalue weighted by Gasteiger charge is 2.30. The lowest BCUT2D eigenvalue weighted by Gasteiger charge is -2.40. The molecule has 1 N–H and O–H groups in total. The summed E-state index contributed by atoms with van der Waals surface area (Å²) in [5.74, 6) is 1.07. The first-order chi connectivity index (χ1) is 10.2. The molecule has 1 heterocycles. The Bertz CT molecular complexity index is 312. The molecule has 1 saturated heterocycles. The normalized spacial score (nSPS) is 27.8. The van der Waals surface area contributed by atoms with E-state index in [1.807, 2.05) is 0 Å². The summed E-state index contributed by atoms with van der Waals surface area (Å²) in [7, 11) is 0. The van der Waals surface area contributed by atoms with E-state index in [2.05, 4.69) is 24.1 Å². The van der Waals surface area contributed by atoms with Crippen LogP contribution in [0.15, 0.2) is 0 Å². The monoisotopic (exact) mass is 294 g/mol. The number of carbonyl (C=O) groups is 1. The van der Waals surface area contributed by atoms with E-state index >= 15 is 0 Å². The molecular weight excluding hydrogens is 260 g/mol. The van der Waals surface area contributed by atoms with Crippen LogP contribution in [0, 0.1) is 5.92 Å². The van der Waals surface area contributed by atoms with Gasteiger partial charge in [-0.05, 0) is 38.0 Å². The van der Waals surface area contributed by atoms with E-state index in [9.17, 15) is 4.79 Å². The average Bonchev–Trinajstić information content (AvgIpc) is 2.48. The highest BCUT2D eigenvalue weighted by molar-refractivity contribution is 5.76. The Labute approximate surface area is 130 Å². The number of carbonyl (C=O) groups excluding carboxylic acids is 1. The molecule has 2 aliphatic rings. The zero-order valence-corrected chi connectivity index (χ0v) is 14.1. The van der Waals surface area contributed by atoms with Gasteiger partial charge in [0, 0.05) is 31.6 Å². The highest BCUT2D eigenvalue weighted by Crippen LogP contribution is 2.25. The van der Waals surface area contributed by atoms with Gasteiger partial charge >= 0.3 is 0 Å². The van der Waals surface area contributed by atoms with E-state index in [0.717, 1.165) is 25.9 Å². The third-order valence-electron chi connectivity index (χ3n) is 5.13. The topological polar surface area (TPSA) is 32.3 Å². The molecule has 1 saturated carbocycles. The molecule has 2 fully saturated rings. The first-order valence-electron chi connectivity index (χ1n) is 9.26. The van der Waals surface area contributed by atoms with Crippen molar-refractivity contribution in [3.8, 4) is 0 Å². The van der Waals surface area contributed by atoms with Gasteiger partial charge in [0.25, 0.3) is 0 Å². The SMILES string of the molecule is CCCC(=O)N1CC(CCC)CC(NC2CCCCC2)C1. The summed E-state index contributed by atoms with van der Waals surface area (Å²) in [5, 5.41) is 3.88. The fourth-order valence-electron chi connectivity index (χ4n) is 4.12. The first kappa shape index (κ1) is 16.8. The fraction of sp³-hybridized carbons (Fsp3) is 0.944. The van der Waals surface area contributed by atoms with Crippen molar-refractivity contribution in [2.24, 2.45) is 5.92 Å². The minimum absolute atomic E-state index is 0.369. The van der Waals surface area contributed by atoms with Gasteiger partial charge in [0.1, 0.15) is 0 Å². The van der Waals surface area contributed by atoms with Gasteiger partial charge in [0.2, 0.25) is 5.91 Å². The van der Waals surface area contributed by atoms with Gasteiger partial charge in [0.05, 0.1) is 0 Å². The van der Waals surface area contributed by atoms with Crippen LogP contribution in [0.4, 0.5) is 0 Å². The minimum atomic E-state index is 0.369. The summed E-state index contributed by atoms with van der Waals surface area (Å²) in [4.78, 5) is 14.4. The van der Waals surface area contributed by atoms with Crippen molar-refractivity contribution in [3.63, 3.8) is 0 Å². The summed E-state index contributed by atoms with van der Waals surface area (Å²) in [5.41, 5.74) is 0. The Morgan fingerprint density at radius 3 is 2.48 bits per heavy atom. The van der Waals surface area contributed by atoms with Crippen LogP contribution >= 0.6 is 0 Å². The van der Waals surface area contributed by atoms with E-state index in [4.69, 9.17) is 0 Å². The number of hydrogen-bond donors (Lipinski definition) is 1. The smallest absolute Gasteiger partial charge is 0.222 e. The van der Waals surface area contributed by atoms with E-state index in [-0.39, 0.29) is 0 Å². The van der Waals surface area contributed by atoms with Crippen molar-refractivity contribution in [1.29, 1.82) is 0 Å². The Morgan fingerprint density at radius 1 is 1.05 bits per heavy atom. The first-order valence-corrected chi connectivity index (χ1v) is 9.26. The van der Waals surface area contributed by atoms with Crippen LogP contribution in [0.1, 0.15) is 78.1 Å². The second kappa shape index (κ2) is 8.77. The van der Waals surface area contributed by atoms with Crippen molar-refractivity contribution in [1.82, 2.24) is 10.2 Å². The summed E-state index contributed by atoms with van der Waals surface area (Å²) < 4.78 is 0. The maximum Gasteiger partial charge on any atom is 0.222 e. The lowest BCUT2D eigenvalue weighted by atomic mass is 9.88. The molecule has 0 radical (unpaired) electrons. The molecule has 2 atom stereocenters. The van der Waals surface area contributed by atoms with Crippen LogP contribution in [0.25, 0.3) is 0 Å². The van der Waals surface area contributed by atoms with Crippen LogP contribution in [-0.4, -0.2) is 36.0 Å². The molecule has 0 spiro atoms. The zero-order chi connectivity index (χ0) is 15.1. The van der Waals surface area contributed by atoms with Crippen molar-refractivity contribution >= 4 is 5.91 Å². The van der Waals surface area contributed by atoms with Gasteiger partial charge in [0.15, 0.2) is 0 Å². The van der Waals surface area contributed by atoms with Crippen LogP contribution < -0.4 is 5.32 Å². The lowest BCUT2D eigenvalue weighted by molar-refractivity contribution is -0.133. The maximum absolute atomic E-state index is 12.3. The van der Waals surface area contributed by atoms with Crippen LogP contribution in [0.5, 0.6) is 0 Å². The van der Waals surface area contributed by atoms with Crippen molar-refractivity contribution < 1.29 is 4.79 Å². The summed E-state index contributed by atoms with van der Waals surface area (Å²) >= 11 is 0. The van der Waals surface area contributed by atoms with Crippen molar-refractivity contribution in [2.45, 2.75) is 90.1 Å². The van der Waals surface area contributed by atoms with Gasteiger partial charge in [-0.3, -0.25) is 4.79 Å². The molecule has 122 valence electrons. The number of rotatable bonds is 6. The molecule has 21 heavy (non-hydrogen) atoms. The summed E-state index contributed by atoms with van der Waals surface area (Å²) in [6.07, 6.45) is 12.3. The number of hydrogen-bond acceptors (Lipinski definition) is 2. The number of piperidine rings is 1. The summed E-state index contributed by atoms with van der Waals surface area (Å²) in [6, 6.07) is 1.23. The summed E-state index contributed by atoms with van der Waals surface area (Å²) in [6.45, 7) is 6.30. The molecular formula is C18H34N2O. The molecule has 1 amide bonds. The number of amides is 1. The van der Waals surface area contributed by atoms with Gasteiger partial charge in [-0.2, -0.15) is 0 Å². The second-order valence-electron chi connectivity index (χ2n) is 7.14. The Morgan fingerprint density at radius 2 is 1.81 bits per heavy atom. The fourth-order valence-corrected chi connectivity index (χ4v) is 4.12. The largest absolute Gasteiger partial charge is 0.341 e. The van der Waals surface area contributed by atoms with E-state index in [0.29, 0.717) is 23.9 Å². The molecule has 3 nitrogen and oxygen atoms in total. The molecule has 2 unspecified atom stereocenters. The average molecular weight is 294 g/mol. The lowest BCUT2D eigenvalue weighted by Crippen LogP contribution is -2.53. The molecule has 1 aliphatic carbocycles. The van der Waals surface area contributed by atoms with E-state index in [1.54, 1.807) is 0 Å². The number of nitrogens with one attached hydrogen (secondary N) is 1. The zero-order valence-electron chi connectivity index (χ0n) is 14.1. The van der Waals surface area contributed by atoms with Crippen molar-refractivity contribution in [3.05, 3.63) is 0 Å². The third kappa shape index (κ3) is 5.28. The molecule has 0 aromatic heterocycles. The van der Waals surface area contributed by atoms with Gasteiger partial charge in [-0.1, -0.05) is 39.5 Å². The maximum atomic E-state index is 12.3. The number of nitrogens with zero attached hydrogens (tertiary/aromatic N) is 1. The molecule has 1 aliphatic heterocycles. The van der Waals surface area contributed by atoms with E-state index in [1.165, 1.54) is 51.4 Å². The Kier molecular flexibility index (Phi) is 7.01. The predicted octanol–water partition coefficient (Wildman–Crippen LogP) is 3.73.